The molecule has 6 nitrogen and oxygen atoms in total. The third-order valence-corrected chi connectivity index (χ3v) is 2.57. The van der Waals surface area contributed by atoms with Gasteiger partial charge in [0.2, 0.25) is 0 Å². The van der Waals surface area contributed by atoms with Crippen molar-refractivity contribution in [2.45, 2.75) is 13.8 Å². The number of aryl methyl sites for hydroxylation is 2. The summed E-state index contributed by atoms with van der Waals surface area (Å²) in [6.45, 7) is 3.77. The van der Waals surface area contributed by atoms with Crippen molar-refractivity contribution >= 4 is 12.4 Å². The third-order valence-electron chi connectivity index (χ3n) is 2.57. The first kappa shape index (κ1) is 13.7. The van der Waals surface area contributed by atoms with Crippen molar-refractivity contribution in [3.8, 4) is 17.1 Å². The summed E-state index contributed by atoms with van der Waals surface area (Å²) in [5, 5.41) is 9.05. The van der Waals surface area contributed by atoms with Crippen LogP contribution in [-0.4, -0.2) is 27.5 Å². The molecule has 0 atom stereocenters. The van der Waals surface area contributed by atoms with E-state index < -0.39 is 5.97 Å². The Hall–Kier alpha value is -2.76. The van der Waals surface area contributed by atoms with Gasteiger partial charge in [-0.3, -0.25) is 14.8 Å². The van der Waals surface area contributed by atoms with Crippen molar-refractivity contribution in [1.29, 1.82) is 0 Å². The molecular formula is C14H12N2O4. The minimum absolute atomic E-state index is 0.133. The number of aromatic nitrogens is 2. The maximum absolute atomic E-state index is 11.1. The number of nitrogens with zero attached hydrogens (tertiary/aromatic N) is 2. The highest BCUT2D eigenvalue weighted by Crippen LogP contribution is 2.23. The van der Waals surface area contributed by atoms with Gasteiger partial charge in [-0.1, -0.05) is 0 Å². The molecule has 0 saturated heterocycles. The Morgan fingerprint density at radius 2 is 1.70 bits per heavy atom. The van der Waals surface area contributed by atoms with Gasteiger partial charge >= 0.3 is 5.97 Å². The topological polar surface area (TPSA) is 89.4 Å². The summed E-state index contributed by atoms with van der Waals surface area (Å²) in [5.41, 5.74) is 2.21. The SMILES string of the molecule is Cc1cc(OC=O)cc(-c2cc(C(=O)O)cc(C)n2)n1. The molecule has 2 heterocycles. The zero-order valence-electron chi connectivity index (χ0n) is 11.0. The van der Waals surface area contributed by atoms with E-state index in [9.17, 15) is 9.59 Å². The predicted octanol–water partition coefficient (Wildman–Crippen LogP) is 1.99. The van der Waals surface area contributed by atoms with Crippen LogP contribution in [0.1, 0.15) is 21.7 Å². The molecule has 6 heteroatoms. The Balaban J connectivity index is 2.55. The van der Waals surface area contributed by atoms with Gasteiger partial charge in [0, 0.05) is 23.5 Å². The summed E-state index contributed by atoms with van der Waals surface area (Å²) in [4.78, 5) is 30.0. The number of hydrogen-bond donors (Lipinski definition) is 1. The zero-order valence-corrected chi connectivity index (χ0v) is 11.0. The number of carboxylic acids is 1. The average molecular weight is 272 g/mol. The third kappa shape index (κ3) is 2.97. The summed E-state index contributed by atoms with van der Waals surface area (Å²) < 4.78 is 4.79. The number of carbonyl (C=O) groups is 2. The number of aromatic carboxylic acids is 1. The van der Waals surface area contributed by atoms with E-state index in [1.165, 1.54) is 18.2 Å². The Morgan fingerprint density at radius 3 is 2.30 bits per heavy atom. The van der Waals surface area contributed by atoms with E-state index in [-0.39, 0.29) is 5.56 Å². The number of ether oxygens (including phenoxy) is 1. The lowest BCUT2D eigenvalue weighted by molar-refractivity contribution is -0.120. The van der Waals surface area contributed by atoms with Crippen LogP contribution in [0.25, 0.3) is 11.4 Å². The number of hydrogen-bond acceptors (Lipinski definition) is 5. The van der Waals surface area contributed by atoms with E-state index in [1.54, 1.807) is 19.9 Å². The van der Waals surface area contributed by atoms with Gasteiger partial charge in [0.25, 0.3) is 6.47 Å². The molecule has 0 bridgehead atoms. The van der Waals surface area contributed by atoms with E-state index in [4.69, 9.17) is 9.84 Å². The zero-order chi connectivity index (χ0) is 14.7. The Bertz CT molecular complexity index is 683. The molecule has 0 aromatic carbocycles. The van der Waals surface area contributed by atoms with E-state index in [2.05, 4.69) is 9.97 Å². The van der Waals surface area contributed by atoms with Gasteiger partial charge in [0.1, 0.15) is 5.75 Å². The molecule has 0 spiro atoms. The van der Waals surface area contributed by atoms with Crippen LogP contribution in [-0.2, 0) is 4.79 Å². The number of pyridine rings is 2. The molecule has 0 amide bonds. The molecule has 0 aliphatic heterocycles. The molecule has 0 saturated carbocycles. The first-order chi connectivity index (χ1) is 9.49. The summed E-state index contributed by atoms with van der Waals surface area (Å²) >= 11 is 0. The first-order valence-corrected chi connectivity index (χ1v) is 5.81. The molecule has 2 aromatic rings. The van der Waals surface area contributed by atoms with Crippen LogP contribution >= 0.6 is 0 Å². The number of rotatable bonds is 4. The monoisotopic (exact) mass is 272 g/mol. The van der Waals surface area contributed by atoms with Gasteiger partial charge in [0.15, 0.2) is 0 Å². The normalized spacial score (nSPS) is 10.1. The molecule has 0 radical (unpaired) electrons. The molecule has 0 unspecified atom stereocenters. The molecule has 2 rings (SSSR count). The predicted molar refractivity (Wildman–Crippen MR) is 70.6 cm³/mol. The van der Waals surface area contributed by atoms with Crippen LogP contribution in [0.5, 0.6) is 5.75 Å². The van der Waals surface area contributed by atoms with Crippen LogP contribution in [0, 0.1) is 13.8 Å². The van der Waals surface area contributed by atoms with Crippen molar-refractivity contribution in [3.63, 3.8) is 0 Å². The van der Waals surface area contributed by atoms with Crippen molar-refractivity contribution < 1.29 is 19.4 Å². The fraction of sp³-hybridized carbons (Fsp3) is 0.143. The van der Waals surface area contributed by atoms with Crippen LogP contribution < -0.4 is 4.74 Å². The summed E-state index contributed by atoms with van der Waals surface area (Å²) in [6, 6.07) is 6.05. The molecule has 0 aliphatic carbocycles. The largest absolute Gasteiger partial charge is 0.478 e. The molecule has 2 aromatic heterocycles. The molecule has 0 fully saturated rings. The van der Waals surface area contributed by atoms with Gasteiger partial charge in [-0.25, -0.2) is 4.79 Å². The maximum Gasteiger partial charge on any atom is 0.335 e. The van der Waals surface area contributed by atoms with Gasteiger partial charge in [0.05, 0.1) is 17.0 Å². The van der Waals surface area contributed by atoms with Crippen molar-refractivity contribution in [2.75, 3.05) is 0 Å². The van der Waals surface area contributed by atoms with E-state index in [0.29, 0.717) is 35.0 Å². The lowest BCUT2D eigenvalue weighted by Gasteiger charge is -2.07. The summed E-state index contributed by atoms with van der Waals surface area (Å²) in [6.07, 6.45) is 0. The summed E-state index contributed by atoms with van der Waals surface area (Å²) in [5.74, 6) is -0.698. The van der Waals surface area contributed by atoms with Gasteiger partial charge in [-0.15, -0.1) is 0 Å². The fourth-order valence-electron chi connectivity index (χ4n) is 1.81. The van der Waals surface area contributed by atoms with Crippen molar-refractivity contribution in [2.24, 2.45) is 0 Å². The lowest BCUT2D eigenvalue weighted by Crippen LogP contribution is -2.01. The maximum atomic E-state index is 11.1. The average Bonchev–Trinajstić information content (AvgIpc) is 2.37. The lowest BCUT2D eigenvalue weighted by atomic mass is 10.1. The second-order valence-corrected chi connectivity index (χ2v) is 4.23. The van der Waals surface area contributed by atoms with E-state index >= 15 is 0 Å². The molecule has 0 aliphatic rings. The second-order valence-electron chi connectivity index (χ2n) is 4.23. The highest BCUT2D eigenvalue weighted by atomic mass is 16.5. The molecule has 1 N–H and O–H groups in total. The van der Waals surface area contributed by atoms with Crippen LogP contribution in [0.3, 0.4) is 0 Å². The van der Waals surface area contributed by atoms with E-state index in [0.717, 1.165) is 0 Å². The number of carbonyl (C=O) groups excluding carboxylic acids is 1. The Labute approximate surface area is 115 Å². The van der Waals surface area contributed by atoms with Crippen molar-refractivity contribution in [1.82, 2.24) is 9.97 Å². The first-order valence-electron chi connectivity index (χ1n) is 5.81. The second kappa shape index (κ2) is 5.48. The standard InChI is InChI=1S/C14H12N2O4/c1-8-3-10(14(18)19)5-12(15-8)13-6-11(20-7-17)4-9(2)16-13/h3-7H,1-2H3,(H,18,19). The Kier molecular flexibility index (Phi) is 3.74. The van der Waals surface area contributed by atoms with Gasteiger partial charge in [-0.05, 0) is 26.0 Å². The van der Waals surface area contributed by atoms with Crippen LogP contribution in [0.2, 0.25) is 0 Å². The van der Waals surface area contributed by atoms with Gasteiger partial charge in [-0.2, -0.15) is 0 Å². The van der Waals surface area contributed by atoms with Crippen LogP contribution in [0.4, 0.5) is 0 Å². The number of carboxylic acid groups (broad SMARTS) is 1. The fourth-order valence-corrected chi connectivity index (χ4v) is 1.81. The molecular weight excluding hydrogens is 260 g/mol. The van der Waals surface area contributed by atoms with Crippen molar-refractivity contribution in [3.05, 3.63) is 41.2 Å². The highest BCUT2D eigenvalue weighted by molar-refractivity contribution is 5.89. The molecule has 102 valence electrons. The van der Waals surface area contributed by atoms with Gasteiger partial charge < -0.3 is 9.84 Å². The smallest absolute Gasteiger partial charge is 0.335 e. The summed E-state index contributed by atoms with van der Waals surface area (Å²) in [7, 11) is 0. The quantitative estimate of drug-likeness (QED) is 0.856. The molecule has 20 heavy (non-hydrogen) atoms. The highest BCUT2D eigenvalue weighted by Gasteiger charge is 2.11. The van der Waals surface area contributed by atoms with Crippen LogP contribution in [0.15, 0.2) is 24.3 Å². The van der Waals surface area contributed by atoms with E-state index in [1.807, 2.05) is 0 Å². The minimum Gasteiger partial charge on any atom is -0.478 e. The minimum atomic E-state index is -1.03. The Morgan fingerprint density at radius 1 is 1.10 bits per heavy atom.